The number of fused-ring (bicyclic) bond motifs is 3. The van der Waals surface area contributed by atoms with Gasteiger partial charge in [0.05, 0.1) is 36.4 Å². The Labute approximate surface area is 426 Å². The highest BCUT2D eigenvalue weighted by Gasteiger charge is 2.23. The van der Waals surface area contributed by atoms with Crippen LogP contribution in [0.2, 0.25) is 0 Å². The van der Waals surface area contributed by atoms with Gasteiger partial charge in [-0.3, -0.25) is 49.8 Å². The Hall–Kier alpha value is -9.28. The molecule has 0 aliphatic heterocycles. The van der Waals surface area contributed by atoms with Gasteiger partial charge in [-0.2, -0.15) is 5.10 Å². The van der Waals surface area contributed by atoms with Crippen molar-refractivity contribution in [2.45, 2.75) is 73.7 Å². The summed E-state index contributed by atoms with van der Waals surface area (Å²) < 4.78 is 22.5. The van der Waals surface area contributed by atoms with Gasteiger partial charge in [-0.15, -0.1) is 0 Å². The van der Waals surface area contributed by atoms with Crippen LogP contribution >= 0.6 is 0 Å². The number of anilines is 3. The largest absolute Gasteiger partial charge is 0.494 e. The average molecular weight is 1010 g/mol. The van der Waals surface area contributed by atoms with Gasteiger partial charge in [-0.25, -0.2) is 14.8 Å². The first-order valence-electron chi connectivity index (χ1n) is 23.4. The van der Waals surface area contributed by atoms with Crippen LogP contribution in [0, 0.1) is 0 Å². The fourth-order valence-corrected chi connectivity index (χ4v) is 7.50. The number of benzene rings is 3. The lowest BCUT2D eigenvalue weighted by Gasteiger charge is -2.19. The number of carbonyl (C=O) groups excluding carboxylic acids is 5. The fraction of sp³-hybridized carbons (Fsp3) is 0.294. The smallest absolute Gasteiger partial charge is 0.412 e. The third kappa shape index (κ3) is 13.6. The molecule has 3 aromatic carbocycles. The van der Waals surface area contributed by atoms with E-state index in [2.05, 4.69) is 36.0 Å². The lowest BCUT2D eigenvalue weighted by molar-refractivity contribution is -0.111. The van der Waals surface area contributed by atoms with Crippen LogP contribution < -0.4 is 48.4 Å². The number of carbonyl (C=O) groups is 5. The summed E-state index contributed by atoms with van der Waals surface area (Å²) in [5.74, 6) is -1.97. The molecule has 5 amide bonds. The zero-order valence-electron chi connectivity index (χ0n) is 42.5. The molecule has 3 heterocycles. The summed E-state index contributed by atoms with van der Waals surface area (Å²) in [7, 11) is 1.43. The summed E-state index contributed by atoms with van der Waals surface area (Å²) in [6.45, 7) is 13.3. The van der Waals surface area contributed by atoms with Gasteiger partial charge >= 0.3 is 6.09 Å². The van der Waals surface area contributed by atoms with Crippen LogP contribution in [0.3, 0.4) is 0 Å². The summed E-state index contributed by atoms with van der Waals surface area (Å²) in [6.07, 6.45) is 11.2. The van der Waals surface area contributed by atoms with Gasteiger partial charge in [-0.1, -0.05) is 18.2 Å². The van der Waals surface area contributed by atoms with Gasteiger partial charge in [0.25, 0.3) is 11.8 Å². The maximum absolute atomic E-state index is 13.8. The number of ether oxygens (including phenoxy) is 3. The molecule has 0 bridgehead atoms. The molecule has 0 aliphatic carbocycles. The van der Waals surface area contributed by atoms with Crippen molar-refractivity contribution < 1.29 is 38.2 Å². The van der Waals surface area contributed by atoms with E-state index in [9.17, 15) is 24.0 Å². The molecule has 0 radical (unpaired) electrons. The van der Waals surface area contributed by atoms with Crippen LogP contribution in [0.15, 0.2) is 106 Å². The molecule has 23 nitrogen and oxygen atoms in total. The quantitative estimate of drug-likeness (QED) is 0.0336. The summed E-state index contributed by atoms with van der Waals surface area (Å²) in [6, 6.07) is 11.4. The van der Waals surface area contributed by atoms with Crippen LogP contribution in [0.5, 0.6) is 11.5 Å². The minimum Gasteiger partial charge on any atom is -0.494 e. The minimum absolute atomic E-state index is 0.0316. The first-order chi connectivity index (χ1) is 35.2. The van der Waals surface area contributed by atoms with Crippen molar-refractivity contribution >= 4 is 91.7 Å². The van der Waals surface area contributed by atoms with Crippen LogP contribution in [-0.2, 0) is 34.0 Å². The normalized spacial score (nSPS) is 12.8. The topological polar surface area (TPSA) is 331 Å². The maximum atomic E-state index is 13.8. The molecule has 23 heteroatoms. The third-order valence-electron chi connectivity index (χ3n) is 10.5. The van der Waals surface area contributed by atoms with Gasteiger partial charge in [0.15, 0.2) is 0 Å². The van der Waals surface area contributed by atoms with Crippen LogP contribution in [0.25, 0.3) is 33.0 Å². The van der Waals surface area contributed by atoms with Gasteiger partial charge < -0.3 is 46.3 Å². The van der Waals surface area contributed by atoms with Crippen molar-refractivity contribution in [1.82, 2.24) is 28.9 Å². The number of rotatable bonds is 21. The predicted molar refractivity (Wildman–Crippen MR) is 286 cm³/mol. The SMILES string of the molecule is CCN=C(/C=C(/C)N)C(=O)Nc1nc2cc(C(N)=O)cc(OC)c2n1C/C=C/Cn1c(NC(=O)C(/C=C(/C)N)=NCC)nc2cc(C(N)=O)cc(OC/C=C/Cn3ncc4cc(NC(=O)OC(C)(C)C)ccc43)c21. The molecule has 388 valence electrons. The molecular formula is C51H61N15O8. The zero-order chi connectivity index (χ0) is 53.9. The van der Waals surface area contributed by atoms with Crippen molar-refractivity contribution in [1.29, 1.82) is 0 Å². The predicted octanol–water partition coefficient (Wildman–Crippen LogP) is 5.70. The van der Waals surface area contributed by atoms with Crippen molar-refractivity contribution in [3.63, 3.8) is 0 Å². The highest BCUT2D eigenvalue weighted by atomic mass is 16.6. The fourth-order valence-electron chi connectivity index (χ4n) is 7.50. The Morgan fingerprint density at radius 1 is 0.689 bits per heavy atom. The van der Waals surface area contributed by atoms with Crippen molar-refractivity contribution in [3.05, 3.63) is 108 Å². The molecule has 74 heavy (non-hydrogen) atoms. The van der Waals surface area contributed by atoms with E-state index in [1.807, 2.05) is 12.1 Å². The van der Waals surface area contributed by atoms with E-state index in [1.165, 1.54) is 43.5 Å². The van der Waals surface area contributed by atoms with Crippen LogP contribution in [0.4, 0.5) is 22.4 Å². The number of hydrogen-bond acceptors (Lipinski definition) is 15. The molecule has 0 fully saturated rings. The van der Waals surface area contributed by atoms with E-state index < -0.39 is 35.3 Å². The number of aliphatic imine (C=N–C) groups is 2. The van der Waals surface area contributed by atoms with Crippen molar-refractivity contribution in [3.8, 4) is 11.5 Å². The van der Waals surface area contributed by atoms with E-state index >= 15 is 0 Å². The summed E-state index contributed by atoms with van der Waals surface area (Å²) in [5, 5.41) is 13.7. The average Bonchev–Trinajstić information content (AvgIpc) is 4.00. The number of nitrogens with two attached hydrogens (primary N) is 4. The second-order valence-electron chi connectivity index (χ2n) is 17.6. The monoisotopic (exact) mass is 1010 g/mol. The third-order valence-corrected chi connectivity index (χ3v) is 10.5. The second-order valence-corrected chi connectivity index (χ2v) is 17.6. The lowest BCUT2D eigenvalue weighted by atomic mass is 10.1. The number of amides is 5. The number of hydrogen-bond donors (Lipinski definition) is 7. The molecule has 6 aromatic rings. The lowest BCUT2D eigenvalue weighted by Crippen LogP contribution is -2.27. The Kier molecular flexibility index (Phi) is 17.4. The summed E-state index contributed by atoms with van der Waals surface area (Å²) in [4.78, 5) is 82.7. The molecule has 0 atom stereocenters. The number of nitrogens with zero attached hydrogens (tertiary/aromatic N) is 8. The van der Waals surface area contributed by atoms with Crippen LogP contribution in [0.1, 0.15) is 69.2 Å². The minimum atomic E-state index is -0.737. The summed E-state index contributed by atoms with van der Waals surface area (Å²) in [5.41, 5.74) is 26.6. The molecule has 6 rings (SSSR count). The van der Waals surface area contributed by atoms with E-state index in [1.54, 1.807) is 98.8 Å². The second kappa shape index (κ2) is 23.8. The van der Waals surface area contributed by atoms with Crippen molar-refractivity contribution in [2.24, 2.45) is 32.9 Å². The Morgan fingerprint density at radius 2 is 1.20 bits per heavy atom. The molecule has 0 aliphatic rings. The van der Waals surface area contributed by atoms with E-state index in [0.29, 0.717) is 53.3 Å². The van der Waals surface area contributed by atoms with Gasteiger partial charge in [0.2, 0.25) is 23.7 Å². The highest BCUT2D eigenvalue weighted by molar-refractivity contribution is 6.47. The Morgan fingerprint density at radius 3 is 1.69 bits per heavy atom. The first kappa shape index (κ1) is 54.1. The molecule has 0 saturated carbocycles. The Bertz CT molecular complexity index is 3320. The Balaban J connectivity index is 1.34. The number of methoxy groups -OCH3 is 1. The van der Waals surface area contributed by atoms with E-state index in [0.717, 1.165) is 10.9 Å². The molecule has 0 saturated heterocycles. The molecule has 3 aromatic heterocycles. The van der Waals surface area contributed by atoms with Crippen molar-refractivity contribution in [2.75, 3.05) is 42.8 Å². The number of primary amides is 2. The van der Waals surface area contributed by atoms with E-state index in [-0.39, 0.29) is 71.2 Å². The van der Waals surface area contributed by atoms with E-state index in [4.69, 9.17) is 42.1 Å². The molecule has 0 spiro atoms. The first-order valence-corrected chi connectivity index (χ1v) is 23.4. The number of nitrogens with one attached hydrogen (secondary N) is 3. The zero-order valence-corrected chi connectivity index (χ0v) is 42.5. The highest BCUT2D eigenvalue weighted by Crippen LogP contribution is 2.33. The molecule has 11 N–H and O–H groups in total. The maximum Gasteiger partial charge on any atom is 0.412 e. The van der Waals surface area contributed by atoms with Gasteiger partial charge in [-0.05, 0) is 109 Å². The van der Waals surface area contributed by atoms with Gasteiger partial charge in [0.1, 0.15) is 46.2 Å². The number of aromatic nitrogens is 6. The standard InChI is InChI=1S/C51H61N15O8/c1-9-56-37(21-29(3)52)46(69)62-48-60-35-24-31(44(54)67)26-40(72-8)42(35)64(48)17-11-12-18-65-43-36(61-49(65)63-47(70)38(57-10-2)22-30(4)53)25-32(45(55)68)27-41(43)73-20-14-13-19-66-39-16-15-34(23-33(39)28-58-66)59-50(71)74-51(5,6)7/h11-16,21-28H,9-10,17-20,52-53H2,1-8H3,(H2,54,67)(H2,55,68)(H,59,71)(H,60,62,69)(H,61,63,70)/b12-11+,14-13+,29-21-,30-22-,56-37?,57-38?. The number of allylic oxidation sites excluding steroid dienone is 5. The molecule has 0 unspecified atom stereocenters. The number of imidazole rings is 2. The van der Waals surface area contributed by atoms with Crippen LogP contribution in [-0.4, -0.2) is 102 Å². The molecular weight excluding hydrogens is 951 g/mol. The van der Waals surface area contributed by atoms with Gasteiger partial charge in [0, 0.05) is 59.8 Å². The summed E-state index contributed by atoms with van der Waals surface area (Å²) >= 11 is 0.